The van der Waals surface area contributed by atoms with Gasteiger partial charge in [0.1, 0.15) is 0 Å². The molecule has 0 unspecified atom stereocenters. The van der Waals surface area contributed by atoms with Crippen LogP contribution >= 0.6 is 0 Å². The standard InChI is InChI=1S/C34H39F3N2O5S/c1-22-13-23(10-12-32(41)42)9-11-31(22)27-16-28(34(35,36)37)18-30(17-27)45(43,44)39(4)21-29(40)20-38-33(2,3)19-24-14-25-7-5-6-8-26(25)15-24/h5-13,16-18,24,29,38,40H,14-15,19-21H2,1-4H3,(H,41,42)/b12-10+/t29-/m1/s1. The van der Waals surface area contributed by atoms with Crippen LogP contribution < -0.4 is 5.32 Å². The topological polar surface area (TPSA) is 107 Å². The van der Waals surface area contributed by atoms with Crippen LogP contribution in [-0.2, 0) is 33.8 Å². The van der Waals surface area contributed by atoms with Crippen molar-refractivity contribution in [2.45, 2.75) is 62.7 Å². The van der Waals surface area contributed by atoms with Gasteiger partial charge in [-0.15, -0.1) is 0 Å². The number of sulfonamides is 1. The van der Waals surface area contributed by atoms with E-state index in [-0.39, 0.29) is 24.2 Å². The zero-order chi connectivity index (χ0) is 33.2. The van der Waals surface area contributed by atoms with Crippen molar-refractivity contribution >= 4 is 22.1 Å². The first-order valence-corrected chi connectivity index (χ1v) is 16.1. The first kappa shape index (κ1) is 34.4. The summed E-state index contributed by atoms with van der Waals surface area (Å²) in [6, 6.07) is 15.7. The third-order valence-electron chi connectivity index (χ3n) is 8.14. The summed E-state index contributed by atoms with van der Waals surface area (Å²) in [7, 11) is -3.19. The molecule has 4 rings (SSSR count). The molecular formula is C34H39F3N2O5S. The zero-order valence-electron chi connectivity index (χ0n) is 25.7. The Kier molecular flexibility index (Phi) is 10.3. The molecule has 0 bridgehead atoms. The Labute approximate surface area is 262 Å². The van der Waals surface area contributed by atoms with Crippen molar-refractivity contribution in [3.05, 3.63) is 94.6 Å². The molecule has 242 valence electrons. The smallest absolute Gasteiger partial charge is 0.416 e. The number of carbonyl (C=O) groups is 1. The van der Waals surface area contributed by atoms with Gasteiger partial charge < -0.3 is 15.5 Å². The highest BCUT2D eigenvalue weighted by molar-refractivity contribution is 7.89. The van der Waals surface area contributed by atoms with E-state index < -0.39 is 38.7 Å². The van der Waals surface area contributed by atoms with Crippen molar-refractivity contribution < 1.29 is 36.6 Å². The minimum atomic E-state index is -4.81. The molecular weight excluding hydrogens is 605 g/mol. The second kappa shape index (κ2) is 13.5. The number of hydrogen-bond acceptors (Lipinski definition) is 5. The highest BCUT2D eigenvalue weighted by Gasteiger charge is 2.34. The predicted molar refractivity (Wildman–Crippen MR) is 168 cm³/mol. The van der Waals surface area contributed by atoms with Crippen LogP contribution in [0.4, 0.5) is 13.2 Å². The SMILES string of the molecule is Cc1cc(/C=C/C(=O)O)ccc1-c1cc(C(F)(F)F)cc(S(=O)(=O)N(C)C[C@H](O)CNC(C)(C)CC2Cc3ccccc3C2)c1. The number of benzene rings is 3. The van der Waals surface area contributed by atoms with Gasteiger partial charge in [0.25, 0.3) is 0 Å². The van der Waals surface area contributed by atoms with Gasteiger partial charge in [-0.2, -0.15) is 17.5 Å². The average Bonchev–Trinajstić information content (AvgIpc) is 3.36. The number of alkyl halides is 3. The quantitative estimate of drug-likeness (QED) is 0.211. The number of halogens is 3. The van der Waals surface area contributed by atoms with E-state index in [0.29, 0.717) is 28.7 Å². The number of nitrogens with one attached hydrogen (secondary N) is 1. The second-order valence-corrected chi connectivity index (χ2v) is 14.5. The van der Waals surface area contributed by atoms with Gasteiger partial charge in [0.05, 0.1) is 16.6 Å². The maximum atomic E-state index is 13.9. The monoisotopic (exact) mass is 644 g/mol. The number of rotatable bonds is 12. The molecule has 0 heterocycles. The highest BCUT2D eigenvalue weighted by atomic mass is 32.2. The van der Waals surface area contributed by atoms with Gasteiger partial charge in [-0.3, -0.25) is 0 Å². The molecule has 0 aromatic heterocycles. The maximum Gasteiger partial charge on any atom is 0.416 e. The first-order chi connectivity index (χ1) is 20.9. The van der Waals surface area contributed by atoms with E-state index in [4.69, 9.17) is 5.11 Å². The number of fused-ring (bicyclic) bond motifs is 1. The van der Waals surface area contributed by atoms with Crippen LogP contribution in [0.1, 0.15) is 48.1 Å². The summed E-state index contributed by atoms with van der Waals surface area (Å²) in [5, 5.41) is 23.0. The molecule has 7 nitrogen and oxygen atoms in total. The number of β-amino-alcohol motifs (C(OH)–C–C–N with tert-alkyl or cyclic N) is 1. The van der Waals surface area contributed by atoms with E-state index in [9.17, 15) is 31.5 Å². The summed E-state index contributed by atoms with van der Waals surface area (Å²) in [5.74, 6) is -0.699. The molecule has 45 heavy (non-hydrogen) atoms. The number of hydrogen-bond donors (Lipinski definition) is 3. The number of aryl methyl sites for hydroxylation is 1. The van der Waals surface area contributed by atoms with Crippen LogP contribution in [0.3, 0.4) is 0 Å². The molecule has 0 spiro atoms. The summed E-state index contributed by atoms with van der Waals surface area (Å²) < 4.78 is 69.7. The van der Waals surface area contributed by atoms with Crippen LogP contribution in [0.5, 0.6) is 0 Å². The number of aliphatic carboxylic acids is 1. The fraction of sp³-hybridized carbons (Fsp3) is 0.382. The molecule has 3 N–H and O–H groups in total. The van der Waals surface area contributed by atoms with Crippen molar-refractivity contribution in [1.29, 1.82) is 0 Å². The van der Waals surface area contributed by atoms with Gasteiger partial charge in [-0.1, -0.05) is 42.5 Å². The van der Waals surface area contributed by atoms with E-state index >= 15 is 0 Å². The zero-order valence-corrected chi connectivity index (χ0v) is 26.5. The summed E-state index contributed by atoms with van der Waals surface area (Å²) in [6.45, 7) is 5.48. The average molecular weight is 645 g/mol. The molecule has 0 amide bonds. The van der Waals surface area contributed by atoms with Crippen molar-refractivity contribution in [3.63, 3.8) is 0 Å². The summed E-state index contributed by atoms with van der Waals surface area (Å²) in [5.41, 5.74) is 2.70. The Morgan fingerprint density at radius 2 is 1.71 bits per heavy atom. The van der Waals surface area contributed by atoms with Gasteiger partial charge in [0.15, 0.2) is 0 Å². The van der Waals surface area contributed by atoms with E-state index in [1.54, 1.807) is 19.1 Å². The molecule has 0 radical (unpaired) electrons. The van der Waals surface area contributed by atoms with Gasteiger partial charge in [-0.05, 0) is 104 Å². The van der Waals surface area contributed by atoms with Gasteiger partial charge in [0, 0.05) is 31.8 Å². The number of aliphatic hydroxyl groups is 1. The lowest BCUT2D eigenvalue weighted by atomic mass is 9.88. The molecule has 0 saturated heterocycles. The Hall–Kier alpha value is -3.51. The Morgan fingerprint density at radius 3 is 2.29 bits per heavy atom. The Balaban J connectivity index is 1.48. The van der Waals surface area contributed by atoms with Gasteiger partial charge in [-0.25, -0.2) is 13.2 Å². The molecule has 0 saturated carbocycles. The van der Waals surface area contributed by atoms with Crippen molar-refractivity contribution in [1.82, 2.24) is 9.62 Å². The molecule has 0 fully saturated rings. The molecule has 1 aliphatic carbocycles. The number of likely N-dealkylation sites (N-methyl/N-ethyl adjacent to an activating group) is 1. The lowest BCUT2D eigenvalue weighted by Crippen LogP contribution is -2.47. The largest absolute Gasteiger partial charge is 0.478 e. The second-order valence-electron chi connectivity index (χ2n) is 12.4. The lowest BCUT2D eigenvalue weighted by molar-refractivity contribution is -0.137. The van der Waals surface area contributed by atoms with Crippen molar-refractivity contribution in [2.24, 2.45) is 5.92 Å². The molecule has 1 aliphatic rings. The molecule has 11 heteroatoms. The minimum absolute atomic E-state index is 0.0427. The highest BCUT2D eigenvalue weighted by Crippen LogP contribution is 2.36. The molecule has 1 atom stereocenters. The third kappa shape index (κ3) is 8.82. The summed E-state index contributed by atoms with van der Waals surface area (Å²) in [4.78, 5) is 10.3. The fourth-order valence-corrected chi connectivity index (χ4v) is 7.25. The van der Waals surface area contributed by atoms with Crippen LogP contribution in [0.25, 0.3) is 17.2 Å². The summed E-state index contributed by atoms with van der Waals surface area (Å²) in [6.07, 6.45) is -0.809. The normalized spacial score (nSPS) is 15.1. The molecule has 3 aromatic rings. The van der Waals surface area contributed by atoms with Gasteiger partial charge >= 0.3 is 12.1 Å². The minimum Gasteiger partial charge on any atom is -0.478 e. The third-order valence-corrected chi connectivity index (χ3v) is 9.94. The first-order valence-electron chi connectivity index (χ1n) is 14.6. The van der Waals surface area contributed by atoms with Crippen LogP contribution in [0.15, 0.2) is 71.6 Å². The van der Waals surface area contributed by atoms with Crippen LogP contribution in [-0.4, -0.2) is 60.7 Å². The van der Waals surface area contributed by atoms with Crippen LogP contribution in [0.2, 0.25) is 0 Å². The maximum absolute atomic E-state index is 13.9. The van der Waals surface area contributed by atoms with E-state index in [1.165, 1.54) is 36.4 Å². The van der Waals surface area contributed by atoms with Crippen molar-refractivity contribution in [3.8, 4) is 11.1 Å². The lowest BCUT2D eigenvalue weighted by Gasteiger charge is -2.31. The molecule has 0 aliphatic heterocycles. The Bertz CT molecular complexity index is 1660. The predicted octanol–water partition coefficient (Wildman–Crippen LogP) is 5.93. The number of carboxylic acids is 1. The van der Waals surface area contributed by atoms with E-state index in [1.807, 2.05) is 26.0 Å². The van der Waals surface area contributed by atoms with Crippen molar-refractivity contribution in [2.75, 3.05) is 20.1 Å². The van der Waals surface area contributed by atoms with E-state index in [0.717, 1.165) is 35.7 Å². The Morgan fingerprint density at radius 1 is 1.07 bits per heavy atom. The van der Waals surface area contributed by atoms with Crippen LogP contribution in [0, 0.1) is 12.8 Å². The number of nitrogens with zero attached hydrogens (tertiary/aromatic N) is 1. The molecule has 3 aromatic carbocycles. The van der Waals surface area contributed by atoms with Gasteiger partial charge in [0.2, 0.25) is 10.0 Å². The number of aliphatic hydroxyl groups excluding tert-OH is 1. The number of carboxylic acid groups (broad SMARTS) is 1. The summed E-state index contributed by atoms with van der Waals surface area (Å²) >= 11 is 0. The van der Waals surface area contributed by atoms with E-state index in [2.05, 4.69) is 17.4 Å². The fourth-order valence-electron chi connectivity index (χ4n) is 5.97.